The molecule has 0 aromatic rings. The van der Waals surface area contributed by atoms with Gasteiger partial charge < -0.3 is 10.6 Å². The van der Waals surface area contributed by atoms with Gasteiger partial charge in [0.15, 0.2) is 0 Å². The second kappa shape index (κ2) is 5.56. The molecule has 0 saturated carbocycles. The number of rotatable bonds is 5. The van der Waals surface area contributed by atoms with Crippen LogP contribution < -0.4 is 10.6 Å². The van der Waals surface area contributed by atoms with E-state index in [1.165, 1.54) is 0 Å². The highest BCUT2D eigenvalue weighted by Crippen LogP contribution is 1.99. The lowest BCUT2D eigenvalue weighted by Gasteiger charge is -2.21. The Kier molecular flexibility index (Phi) is 5.51. The zero-order valence-electron chi connectivity index (χ0n) is 8.44. The summed E-state index contributed by atoms with van der Waals surface area (Å²) in [4.78, 5) is 0. The fourth-order valence-corrected chi connectivity index (χ4v) is 1.03. The van der Waals surface area contributed by atoms with Crippen LogP contribution in [-0.2, 0) is 0 Å². The Morgan fingerprint density at radius 2 is 1.64 bits per heavy atom. The first-order valence-corrected chi connectivity index (χ1v) is 4.48. The molecule has 0 radical (unpaired) electrons. The first-order valence-electron chi connectivity index (χ1n) is 4.48. The van der Waals surface area contributed by atoms with Crippen LogP contribution in [0.5, 0.6) is 0 Å². The normalized spacial score (nSPS) is 14.5. The van der Waals surface area contributed by atoms with E-state index in [1.807, 2.05) is 7.05 Å². The van der Waals surface area contributed by atoms with Gasteiger partial charge in [-0.15, -0.1) is 0 Å². The van der Waals surface area contributed by atoms with Crippen molar-refractivity contribution in [2.45, 2.75) is 39.8 Å². The molecule has 0 fully saturated rings. The predicted octanol–water partition coefficient (Wildman–Crippen LogP) is 1.23. The van der Waals surface area contributed by atoms with Gasteiger partial charge in [-0.2, -0.15) is 0 Å². The molecule has 11 heavy (non-hydrogen) atoms. The Hall–Kier alpha value is -0.0800. The molecule has 0 spiro atoms. The first kappa shape index (κ1) is 10.9. The van der Waals surface area contributed by atoms with Gasteiger partial charge in [-0.25, -0.2) is 0 Å². The molecular weight excluding hydrogens is 136 g/mol. The molecule has 0 aliphatic heterocycles. The van der Waals surface area contributed by atoms with Crippen LogP contribution >= 0.6 is 0 Å². The van der Waals surface area contributed by atoms with Crippen LogP contribution in [0.15, 0.2) is 0 Å². The Balaban J connectivity index is 3.52. The van der Waals surface area contributed by atoms with E-state index in [0.717, 1.165) is 6.54 Å². The Morgan fingerprint density at radius 3 is 1.91 bits per heavy atom. The zero-order valence-corrected chi connectivity index (χ0v) is 8.44. The molecular formula is C9H22N2. The van der Waals surface area contributed by atoms with Gasteiger partial charge in [-0.1, -0.05) is 27.7 Å². The lowest BCUT2D eigenvalue weighted by molar-refractivity contribution is 0.389. The second-order valence-corrected chi connectivity index (χ2v) is 3.70. The molecule has 0 aromatic heterocycles. The molecule has 0 heterocycles. The summed E-state index contributed by atoms with van der Waals surface area (Å²) >= 11 is 0. The lowest BCUT2D eigenvalue weighted by atomic mass is 10.0. The second-order valence-electron chi connectivity index (χ2n) is 3.70. The van der Waals surface area contributed by atoms with Crippen LogP contribution in [0.3, 0.4) is 0 Å². The summed E-state index contributed by atoms with van der Waals surface area (Å²) in [6, 6.07) is 1.18. The van der Waals surface area contributed by atoms with Crippen molar-refractivity contribution in [1.29, 1.82) is 0 Å². The molecule has 0 saturated heterocycles. The van der Waals surface area contributed by atoms with Crippen molar-refractivity contribution in [2.24, 2.45) is 5.92 Å². The number of hydrogen-bond donors (Lipinski definition) is 2. The van der Waals surface area contributed by atoms with E-state index in [9.17, 15) is 0 Å². The van der Waals surface area contributed by atoms with Gasteiger partial charge in [0.05, 0.1) is 0 Å². The number of hydrogen-bond acceptors (Lipinski definition) is 2. The van der Waals surface area contributed by atoms with E-state index in [-0.39, 0.29) is 0 Å². The SMILES string of the molecule is CNC(CNC(C)C)C(C)C. The summed E-state index contributed by atoms with van der Waals surface area (Å²) in [5.41, 5.74) is 0. The van der Waals surface area contributed by atoms with Gasteiger partial charge in [-0.05, 0) is 13.0 Å². The molecule has 0 aliphatic rings. The highest BCUT2D eigenvalue weighted by atomic mass is 15.0. The molecule has 0 aromatic carbocycles. The summed E-state index contributed by atoms with van der Waals surface area (Å²) in [5.74, 6) is 0.700. The highest BCUT2D eigenvalue weighted by molar-refractivity contribution is 4.71. The van der Waals surface area contributed by atoms with Crippen molar-refractivity contribution in [3.63, 3.8) is 0 Å². The van der Waals surface area contributed by atoms with Crippen LogP contribution in [0.1, 0.15) is 27.7 Å². The van der Waals surface area contributed by atoms with Crippen LogP contribution in [0, 0.1) is 5.92 Å². The maximum absolute atomic E-state index is 3.42. The third-order valence-electron chi connectivity index (χ3n) is 1.92. The molecule has 0 bridgehead atoms. The van der Waals surface area contributed by atoms with E-state index in [1.54, 1.807) is 0 Å². The smallest absolute Gasteiger partial charge is 0.0212 e. The molecule has 0 amide bonds. The van der Waals surface area contributed by atoms with Gasteiger partial charge in [-0.3, -0.25) is 0 Å². The largest absolute Gasteiger partial charge is 0.315 e. The summed E-state index contributed by atoms with van der Waals surface area (Å²) in [5, 5.41) is 6.71. The summed E-state index contributed by atoms with van der Waals surface area (Å²) < 4.78 is 0. The molecule has 2 N–H and O–H groups in total. The summed E-state index contributed by atoms with van der Waals surface area (Å²) in [7, 11) is 2.02. The summed E-state index contributed by atoms with van der Waals surface area (Å²) in [6.07, 6.45) is 0. The van der Waals surface area contributed by atoms with Gasteiger partial charge >= 0.3 is 0 Å². The maximum atomic E-state index is 3.42. The van der Waals surface area contributed by atoms with Crippen molar-refractivity contribution >= 4 is 0 Å². The fraction of sp³-hybridized carbons (Fsp3) is 1.00. The quantitative estimate of drug-likeness (QED) is 0.629. The van der Waals surface area contributed by atoms with E-state index in [4.69, 9.17) is 0 Å². The van der Waals surface area contributed by atoms with Gasteiger partial charge in [0.25, 0.3) is 0 Å². The van der Waals surface area contributed by atoms with Crippen LogP contribution in [0.4, 0.5) is 0 Å². The topological polar surface area (TPSA) is 24.1 Å². The number of likely N-dealkylation sites (N-methyl/N-ethyl adjacent to an activating group) is 1. The molecule has 0 rings (SSSR count). The maximum Gasteiger partial charge on any atom is 0.0212 e. The molecule has 1 atom stereocenters. The Bertz CT molecular complexity index is 89.6. The minimum absolute atomic E-state index is 0.588. The monoisotopic (exact) mass is 158 g/mol. The van der Waals surface area contributed by atoms with Gasteiger partial charge in [0.1, 0.15) is 0 Å². The van der Waals surface area contributed by atoms with Crippen LogP contribution in [-0.4, -0.2) is 25.7 Å². The Morgan fingerprint density at radius 1 is 1.09 bits per heavy atom. The minimum Gasteiger partial charge on any atom is -0.315 e. The molecule has 1 unspecified atom stereocenters. The fourth-order valence-electron chi connectivity index (χ4n) is 1.03. The molecule has 68 valence electrons. The van der Waals surface area contributed by atoms with E-state index >= 15 is 0 Å². The standard InChI is InChI=1S/C9H22N2/c1-7(2)9(10-5)6-11-8(3)4/h7-11H,6H2,1-5H3. The third kappa shape index (κ3) is 5.22. The number of nitrogens with one attached hydrogen (secondary N) is 2. The van der Waals surface area contributed by atoms with E-state index in [0.29, 0.717) is 18.0 Å². The average Bonchev–Trinajstić information content (AvgIpc) is 1.87. The van der Waals surface area contributed by atoms with E-state index in [2.05, 4.69) is 38.3 Å². The highest BCUT2D eigenvalue weighted by Gasteiger charge is 2.09. The van der Waals surface area contributed by atoms with Crippen LogP contribution in [0.25, 0.3) is 0 Å². The van der Waals surface area contributed by atoms with Crippen molar-refractivity contribution in [3.8, 4) is 0 Å². The summed E-state index contributed by atoms with van der Waals surface area (Å²) in [6.45, 7) is 9.89. The van der Waals surface area contributed by atoms with Gasteiger partial charge in [0, 0.05) is 18.6 Å². The average molecular weight is 158 g/mol. The molecule has 0 aliphatic carbocycles. The predicted molar refractivity (Wildman–Crippen MR) is 50.8 cm³/mol. The minimum atomic E-state index is 0.588. The van der Waals surface area contributed by atoms with Crippen molar-refractivity contribution in [1.82, 2.24) is 10.6 Å². The van der Waals surface area contributed by atoms with E-state index < -0.39 is 0 Å². The zero-order chi connectivity index (χ0) is 8.85. The Labute approximate surface area is 70.8 Å². The van der Waals surface area contributed by atoms with Crippen LogP contribution in [0.2, 0.25) is 0 Å². The lowest BCUT2D eigenvalue weighted by Crippen LogP contribution is -2.42. The van der Waals surface area contributed by atoms with Crippen molar-refractivity contribution in [3.05, 3.63) is 0 Å². The van der Waals surface area contributed by atoms with Crippen molar-refractivity contribution in [2.75, 3.05) is 13.6 Å². The van der Waals surface area contributed by atoms with Gasteiger partial charge in [0.2, 0.25) is 0 Å². The van der Waals surface area contributed by atoms with Crippen molar-refractivity contribution < 1.29 is 0 Å². The molecule has 2 nitrogen and oxygen atoms in total. The first-order chi connectivity index (χ1) is 5.07. The third-order valence-corrected chi connectivity index (χ3v) is 1.92. The molecule has 2 heteroatoms.